The number of ether oxygens (including phenoxy) is 2. The Morgan fingerprint density at radius 1 is 0.727 bits per heavy atom. The Morgan fingerprint density at radius 2 is 1.18 bits per heavy atom. The molecule has 0 bridgehead atoms. The van der Waals surface area contributed by atoms with Crippen LogP contribution in [-0.4, -0.2) is 13.2 Å². The number of hydrogen-bond donors (Lipinski definition) is 0. The molecule has 0 saturated carbocycles. The molecule has 0 aliphatic carbocycles. The number of unbranched alkanes of at least 4 members (excludes halogenated alkanes) is 2. The van der Waals surface area contributed by atoms with Crippen molar-refractivity contribution in [2.45, 2.75) is 52.4 Å². The van der Waals surface area contributed by atoms with E-state index in [0.29, 0.717) is 13.2 Å². The highest BCUT2D eigenvalue weighted by atomic mass is 16.5. The van der Waals surface area contributed by atoms with Crippen LogP contribution in [0.15, 0.2) is 48.6 Å². The highest BCUT2D eigenvalue weighted by Crippen LogP contribution is 2.19. The van der Waals surface area contributed by atoms with Crippen LogP contribution in [0.4, 0.5) is 0 Å². The van der Waals surface area contributed by atoms with Crippen molar-refractivity contribution < 1.29 is 9.47 Å². The van der Waals surface area contributed by atoms with Crippen molar-refractivity contribution in [3.63, 3.8) is 0 Å². The highest BCUT2D eigenvalue weighted by molar-refractivity contribution is 5.32. The van der Waals surface area contributed by atoms with Crippen LogP contribution >= 0.6 is 0 Å². The molecule has 22 heavy (non-hydrogen) atoms. The molecule has 1 aromatic rings. The third-order valence-corrected chi connectivity index (χ3v) is 3.16. The Labute approximate surface area is 135 Å². The van der Waals surface area contributed by atoms with Gasteiger partial charge in [0, 0.05) is 6.07 Å². The Balaban J connectivity index is 2.24. The Hall–Kier alpha value is -1.70. The summed E-state index contributed by atoms with van der Waals surface area (Å²) in [6, 6.07) is 7.89. The van der Waals surface area contributed by atoms with E-state index in [0.717, 1.165) is 37.2 Å². The summed E-state index contributed by atoms with van der Waals surface area (Å²) in [4.78, 5) is 0. The molecular formula is C20H30O2. The van der Waals surface area contributed by atoms with Gasteiger partial charge in [-0.05, 0) is 37.8 Å². The normalized spacial score (nSPS) is 11.4. The molecular weight excluding hydrogens is 272 g/mol. The molecule has 0 heterocycles. The van der Waals surface area contributed by atoms with Crippen molar-refractivity contribution in [3.05, 3.63) is 48.6 Å². The predicted octanol–water partition coefficient (Wildman–Crippen LogP) is 5.94. The smallest absolute Gasteiger partial charge is 0.122 e. The van der Waals surface area contributed by atoms with Crippen LogP contribution in [0.3, 0.4) is 0 Å². The molecule has 0 unspecified atom stereocenters. The van der Waals surface area contributed by atoms with Crippen molar-refractivity contribution in [2.24, 2.45) is 0 Å². The van der Waals surface area contributed by atoms with Gasteiger partial charge in [-0.2, -0.15) is 0 Å². The first-order chi connectivity index (χ1) is 10.9. The van der Waals surface area contributed by atoms with E-state index in [1.165, 1.54) is 12.8 Å². The van der Waals surface area contributed by atoms with E-state index in [4.69, 9.17) is 9.47 Å². The van der Waals surface area contributed by atoms with Crippen molar-refractivity contribution >= 4 is 0 Å². The van der Waals surface area contributed by atoms with E-state index in [1.807, 2.05) is 24.3 Å². The van der Waals surface area contributed by atoms with E-state index >= 15 is 0 Å². The molecule has 122 valence electrons. The summed E-state index contributed by atoms with van der Waals surface area (Å²) in [5, 5.41) is 0. The monoisotopic (exact) mass is 302 g/mol. The summed E-state index contributed by atoms with van der Waals surface area (Å²) in [7, 11) is 0. The second-order valence-corrected chi connectivity index (χ2v) is 5.27. The second-order valence-electron chi connectivity index (χ2n) is 5.27. The maximum atomic E-state index is 5.74. The minimum atomic E-state index is 0.712. The lowest BCUT2D eigenvalue weighted by molar-refractivity contribution is 0.308. The maximum absolute atomic E-state index is 5.74. The van der Waals surface area contributed by atoms with Crippen LogP contribution in [0.2, 0.25) is 0 Å². The fraction of sp³-hybridized carbons (Fsp3) is 0.500. The van der Waals surface area contributed by atoms with Gasteiger partial charge in [-0.3, -0.25) is 0 Å². The van der Waals surface area contributed by atoms with Crippen LogP contribution in [0, 0.1) is 0 Å². The van der Waals surface area contributed by atoms with Crippen molar-refractivity contribution in [3.8, 4) is 11.5 Å². The van der Waals surface area contributed by atoms with E-state index in [-0.39, 0.29) is 0 Å². The van der Waals surface area contributed by atoms with E-state index in [9.17, 15) is 0 Å². The van der Waals surface area contributed by atoms with E-state index in [1.54, 1.807) is 0 Å². The van der Waals surface area contributed by atoms with Gasteiger partial charge in [0.05, 0.1) is 13.2 Å². The molecule has 1 rings (SSSR count). The molecule has 0 fully saturated rings. The first-order valence-corrected chi connectivity index (χ1v) is 8.52. The first-order valence-electron chi connectivity index (χ1n) is 8.52. The summed E-state index contributed by atoms with van der Waals surface area (Å²) in [6.07, 6.45) is 15.4. The number of allylic oxidation sites excluding steroid dienone is 2. The number of benzene rings is 1. The van der Waals surface area contributed by atoms with E-state index in [2.05, 4.69) is 38.2 Å². The minimum Gasteiger partial charge on any atom is -0.493 e. The topological polar surface area (TPSA) is 18.5 Å². The van der Waals surface area contributed by atoms with Crippen molar-refractivity contribution in [1.29, 1.82) is 0 Å². The minimum absolute atomic E-state index is 0.712. The summed E-state index contributed by atoms with van der Waals surface area (Å²) in [6.45, 7) is 5.80. The molecule has 0 aliphatic rings. The van der Waals surface area contributed by atoms with Gasteiger partial charge in [-0.25, -0.2) is 0 Å². The zero-order chi connectivity index (χ0) is 15.9. The van der Waals surface area contributed by atoms with Gasteiger partial charge in [-0.1, -0.05) is 57.1 Å². The lowest BCUT2D eigenvalue weighted by atomic mass is 10.3. The van der Waals surface area contributed by atoms with Gasteiger partial charge in [0.15, 0.2) is 0 Å². The summed E-state index contributed by atoms with van der Waals surface area (Å²) >= 11 is 0. The molecule has 0 atom stereocenters. The van der Waals surface area contributed by atoms with Crippen LogP contribution in [0.25, 0.3) is 0 Å². The van der Waals surface area contributed by atoms with E-state index < -0.39 is 0 Å². The van der Waals surface area contributed by atoms with Crippen LogP contribution in [0.1, 0.15) is 52.4 Å². The molecule has 0 saturated heterocycles. The lowest BCUT2D eigenvalue weighted by Gasteiger charge is -2.08. The number of hydrogen-bond acceptors (Lipinski definition) is 2. The Kier molecular flexibility index (Phi) is 10.8. The molecule has 0 amide bonds. The highest BCUT2D eigenvalue weighted by Gasteiger charge is 1.97. The molecule has 0 radical (unpaired) electrons. The van der Waals surface area contributed by atoms with Gasteiger partial charge in [0.25, 0.3) is 0 Å². The van der Waals surface area contributed by atoms with Crippen LogP contribution in [-0.2, 0) is 0 Å². The zero-order valence-electron chi connectivity index (χ0n) is 14.1. The molecule has 2 heteroatoms. The second kappa shape index (κ2) is 13.0. The maximum Gasteiger partial charge on any atom is 0.122 e. The van der Waals surface area contributed by atoms with Crippen molar-refractivity contribution in [1.82, 2.24) is 0 Å². The Bertz CT molecular complexity index is 398. The average Bonchev–Trinajstić information content (AvgIpc) is 2.54. The lowest BCUT2D eigenvalue weighted by Crippen LogP contribution is -1.98. The summed E-state index contributed by atoms with van der Waals surface area (Å²) in [5.41, 5.74) is 0. The summed E-state index contributed by atoms with van der Waals surface area (Å²) in [5.74, 6) is 1.76. The largest absolute Gasteiger partial charge is 0.493 e. The fourth-order valence-corrected chi connectivity index (χ4v) is 1.95. The molecule has 0 N–H and O–H groups in total. The average molecular weight is 302 g/mol. The predicted molar refractivity (Wildman–Crippen MR) is 94.8 cm³/mol. The van der Waals surface area contributed by atoms with Gasteiger partial charge < -0.3 is 9.47 Å². The summed E-state index contributed by atoms with van der Waals surface area (Å²) < 4.78 is 11.5. The molecule has 1 aromatic carbocycles. The SMILES string of the molecule is CCC/C=C/CCOc1cccc(OCC/C=C/CCC)c1. The third-order valence-electron chi connectivity index (χ3n) is 3.16. The standard InChI is InChI=1S/C20H30O2/c1-3-5-7-9-11-16-21-19-14-13-15-20(18-19)22-17-12-10-8-6-4-2/h7-10,13-15,18H,3-6,11-12,16-17H2,1-2H3/b9-7+,10-8+. The van der Waals surface area contributed by atoms with Crippen LogP contribution in [0.5, 0.6) is 11.5 Å². The molecule has 0 aromatic heterocycles. The van der Waals surface area contributed by atoms with Gasteiger partial charge in [0.2, 0.25) is 0 Å². The zero-order valence-corrected chi connectivity index (χ0v) is 14.1. The quantitative estimate of drug-likeness (QED) is 0.351. The Morgan fingerprint density at radius 3 is 1.64 bits per heavy atom. The molecule has 0 spiro atoms. The van der Waals surface area contributed by atoms with Crippen LogP contribution < -0.4 is 9.47 Å². The first kappa shape index (κ1) is 18.3. The fourth-order valence-electron chi connectivity index (χ4n) is 1.95. The van der Waals surface area contributed by atoms with Gasteiger partial charge in [0.1, 0.15) is 11.5 Å². The van der Waals surface area contributed by atoms with Crippen molar-refractivity contribution in [2.75, 3.05) is 13.2 Å². The molecule has 2 nitrogen and oxygen atoms in total. The van der Waals surface area contributed by atoms with Gasteiger partial charge >= 0.3 is 0 Å². The van der Waals surface area contributed by atoms with Gasteiger partial charge in [-0.15, -0.1) is 0 Å². The molecule has 0 aliphatic heterocycles. The third kappa shape index (κ3) is 9.28. The number of rotatable bonds is 12.